The molecule has 2 aliphatic rings. The fourth-order valence-corrected chi connectivity index (χ4v) is 2.93. The van der Waals surface area contributed by atoms with Crippen LogP contribution in [0.3, 0.4) is 0 Å². The predicted octanol–water partition coefficient (Wildman–Crippen LogP) is -0.250. The molecule has 21 heavy (non-hydrogen) atoms. The van der Waals surface area contributed by atoms with E-state index in [0.29, 0.717) is 12.6 Å². The summed E-state index contributed by atoms with van der Waals surface area (Å²) >= 11 is 0. The van der Waals surface area contributed by atoms with E-state index in [9.17, 15) is 4.79 Å². The van der Waals surface area contributed by atoms with Crippen molar-refractivity contribution in [1.82, 2.24) is 20.0 Å². The number of aromatic nitrogens is 2. The van der Waals surface area contributed by atoms with Crippen LogP contribution in [-0.2, 0) is 33.9 Å². The minimum atomic E-state index is -0.117. The maximum Gasteiger partial charge on any atom is 0.246 e. The van der Waals surface area contributed by atoms with Gasteiger partial charge in [-0.25, -0.2) is 0 Å². The summed E-state index contributed by atoms with van der Waals surface area (Å²) in [6, 6.07) is 2.62. The van der Waals surface area contributed by atoms with Crippen LogP contribution in [0.1, 0.15) is 17.8 Å². The number of rotatable bonds is 5. The first-order valence-corrected chi connectivity index (χ1v) is 7.39. The highest BCUT2D eigenvalue weighted by molar-refractivity contribution is 5.77. The predicted molar refractivity (Wildman–Crippen MR) is 75.6 cm³/mol. The lowest BCUT2D eigenvalue weighted by Crippen LogP contribution is -2.41. The van der Waals surface area contributed by atoms with E-state index >= 15 is 0 Å². The lowest BCUT2D eigenvalue weighted by atomic mass is 10.2. The van der Waals surface area contributed by atoms with Gasteiger partial charge in [0.25, 0.3) is 0 Å². The molecule has 0 unspecified atom stereocenters. The summed E-state index contributed by atoms with van der Waals surface area (Å²) < 4.78 is 12.3. The molecule has 0 bridgehead atoms. The van der Waals surface area contributed by atoms with Crippen LogP contribution in [0.25, 0.3) is 0 Å². The molecule has 1 atom stereocenters. The molecule has 116 valence electrons. The monoisotopic (exact) mass is 294 g/mol. The van der Waals surface area contributed by atoms with Crippen LogP contribution in [0.2, 0.25) is 0 Å². The van der Waals surface area contributed by atoms with Crippen molar-refractivity contribution < 1.29 is 14.3 Å². The van der Waals surface area contributed by atoms with E-state index in [1.165, 1.54) is 12.8 Å². The summed E-state index contributed by atoms with van der Waals surface area (Å²) in [5.74, 6) is -0.117. The van der Waals surface area contributed by atoms with Crippen LogP contribution in [0, 0.1) is 0 Å². The minimum absolute atomic E-state index is 0.0863. The molecule has 0 saturated carbocycles. The number of fused-ring (bicyclic) bond motifs is 1. The lowest BCUT2D eigenvalue weighted by Gasteiger charge is -2.31. The molecule has 0 aliphatic carbocycles. The Hall–Kier alpha value is -1.44. The zero-order valence-electron chi connectivity index (χ0n) is 12.4. The minimum Gasteiger partial charge on any atom is -0.380 e. The molecule has 1 aromatic heterocycles. The van der Waals surface area contributed by atoms with E-state index in [2.05, 4.69) is 21.4 Å². The summed E-state index contributed by atoms with van der Waals surface area (Å²) in [7, 11) is 1.51. The van der Waals surface area contributed by atoms with Crippen molar-refractivity contribution >= 4 is 5.91 Å². The molecule has 0 spiro atoms. The number of hydrogen-bond acceptors (Lipinski definition) is 5. The first-order valence-electron chi connectivity index (χ1n) is 7.39. The number of methoxy groups -OCH3 is 1. The SMILES string of the molecule is COCC(=O)NCc1cc2n(n1)CCN([C@@H]1CCOC1)C2. The number of ether oxygens (including phenoxy) is 2. The van der Waals surface area contributed by atoms with Crippen molar-refractivity contribution in [2.75, 3.05) is 33.5 Å². The second-order valence-electron chi connectivity index (χ2n) is 5.55. The largest absolute Gasteiger partial charge is 0.380 e. The molecule has 3 rings (SSSR count). The van der Waals surface area contributed by atoms with Gasteiger partial charge in [0.15, 0.2) is 0 Å². The molecular formula is C14H22N4O3. The van der Waals surface area contributed by atoms with Crippen molar-refractivity contribution in [1.29, 1.82) is 0 Å². The fraction of sp³-hybridized carbons (Fsp3) is 0.714. The molecule has 0 radical (unpaired) electrons. The van der Waals surface area contributed by atoms with Gasteiger partial charge in [0.05, 0.1) is 31.1 Å². The van der Waals surface area contributed by atoms with E-state index < -0.39 is 0 Å². The molecular weight excluding hydrogens is 272 g/mol. The van der Waals surface area contributed by atoms with Gasteiger partial charge in [0.1, 0.15) is 6.61 Å². The van der Waals surface area contributed by atoms with Crippen LogP contribution >= 0.6 is 0 Å². The zero-order valence-corrected chi connectivity index (χ0v) is 12.4. The number of amides is 1. The third-order valence-electron chi connectivity index (χ3n) is 4.04. The van der Waals surface area contributed by atoms with E-state index in [4.69, 9.17) is 9.47 Å². The Morgan fingerprint density at radius 1 is 1.57 bits per heavy atom. The first-order chi connectivity index (χ1) is 10.3. The second-order valence-corrected chi connectivity index (χ2v) is 5.55. The molecule has 1 saturated heterocycles. The zero-order chi connectivity index (χ0) is 14.7. The summed E-state index contributed by atoms with van der Waals surface area (Å²) in [6.07, 6.45) is 1.12. The van der Waals surface area contributed by atoms with Gasteiger partial charge in [-0.05, 0) is 12.5 Å². The summed E-state index contributed by atoms with van der Waals surface area (Å²) in [4.78, 5) is 13.9. The fourth-order valence-electron chi connectivity index (χ4n) is 2.93. The number of carbonyl (C=O) groups excluding carboxylic acids is 1. The first kappa shape index (κ1) is 14.5. The number of hydrogen-bond donors (Lipinski definition) is 1. The second kappa shape index (κ2) is 6.55. The van der Waals surface area contributed by atoms with Crippen LogP contribution in [0.5, 0.6) is 0 Å². The summed E-state index contributed by atoms with van der Waals surface area (Å²) in [5, 5.41) is 7.35. The topological polar surface area (TPSA) is 68.6 Å². The lowest BCUT2D eigenvalue weighted by molar-refractivity contribution is -0.124. The number of carbonyl (C=O) groups is 1. The molecule has 1 amide bonds. The third-order valence-corrected chi connectivity index (χ3v) is 4.04. The standard InChI is InChI=1S/C14H22N4O3/c1-20-10-14(19)15-7-11-6-13-8-17(3-4-18(13)16-11)12-2-5-21-9-12/h6,12H,2-5,7-10H2,1H3,(H,15,19)/t12-/m1/s1. The molecule has 2 aliphatic heterocycles. The van der Waals surface area contributed by atoms with Gasteiger partial charge in [-0.3, -0.25) is 14.4 Å². The van der Waals surface area contributed by atoms with E-state index in [-0.39, 0.29) is 12.5 Å². The van der Waals surface area contributed by atoms with E-state index in [1.54, 1.807) is 0 Å². The van der Waals surface area contributed by atoms with Gasteiger partial charge in [-0.1, -0.05) is 0 Å². The molecule has 0 aromatic carbocycles. The summed E-state index contributed by atoms with van der Waals surface area (Å²) in [6.45, 7) is 5.08. The normalized spacial score (nSPS) is 22.2. The van der Waals surface area contributed by atoms with Crippen LogP contribution in [0.4, 0.5) is 0 Å². The molecule has 1 fully saturated rings. The van der Waals surface area contributed by atoms with Gasteiger partial charge in [-0.2, -0.15) is 5.10 Å². The van der Waals surface area contributed by atoms with Crippen LogP contribution in [-0.4, -0.2) is 60.1 Å². The highest BCUT2D eigenvalue weighted by Gasteiger charge is 2.27. The van der Waals surface area contributed by atoms with Gasteiger partial charge in [0.2, 0.25) is 5.91 Å². The van der Waals surface area contributed by atoms with Crippen LogP contribution in [0.15, 0.2) is 6.07 Å². The Morgan fingerprint density at radius 3 is 3.24 bits per heavy atom. The Morgan fingerprint density at radius 2 is 2.48 bits per heavy atom. The van der Waals surface area contributed by atoms with Crippen molar-refractivity contribution in [3.05, 3.63) is 17.5 Å². The Balaban J connectivity index is 1.57. The Bertz CT molecular complexity index is 496. The third kappa shape index (κ3) is 3.42. The van der Waals surface area contributed by atoms with Crippen LogP contribution < -0.4 is 5.32 Å². The van der Waals surface area contributed by atoms with Crippen molar-refractivity contribution in [2.45, 2.75) is 32.1 Å². The Labute approximate surface area is 124 Å². The van der Waals surface area contributed by atoms with E-state index in [0.717, 1.165) is 45.0 Å². The van der Waals surface area contributed by atoms with Crippen molar-refractivity contribution in [3.63, 3.8) is 0 Å². The average Bonchev–Trinajstić information content (AvgIpc) is 3.13. The molecule has 7 heteroatoms. The number of nitrogens with zero attached hydrogens (tertiary/aromatic N) is 3. The highest BCUT2D eigenvalue weighted by Crippen LogP contribution is 2.20. The average molecular weight is 294 g/mol. The van der Waals surface area contributed by atoms with Gasteiger partial charge >= 0.3 is 0 Å². The van der Waals surface area contributed by atoms with Crippen molar-refractivity contribution in [2.24, 2.45) is 0 Å². The van der Waals surface area contributed by atoms with Gasteiger partial charge < -0.3 is 14.8 Å². The van der Waals surface area contributed by atoms with Gasteiger partial charge in [-0.15, -0.1) is 0 Å². The maximum atomic E-state index is 11.4. The maximum absolute atomic E-state index is 11.4. The summed E-state index contributed by atoms with van der Waals surface area (Å²) in [5.41, 5.74) is 2.11. The Kier molecular flexibility index (Phi) is 4.52. The molecule has 1 N–H and O–H groups in total. The highest BCUT2D eigenvalue weighted by atomic mass is 16.5. The molecule has 1 aromatic rings. The van der Waals surface area contributed by atoms with Crippen molar-refractivity contribution in [3.8, 4) is 0 Å². The number of nitrogens with one attached hydrogen (secondary N) is 1. The molecule has 7 nitrogen and oxygen atoms in total. The van der Waals surface area contributed by atoms with Gasteiger partial charge in [0, 0.05) is 32.8 Å². The van der Waals surface area contributed by atoms with E-state index in [1.807, 2.05) is 4.68 Å². The smallest absolute Gasteiger partial charge is 0.246 e. The molecule has 3 heterocycles. The quantitative estimate of drug-likeness (QED) is 0.811.